The number of nitrogens with one attached hydrogen (secondary N) is 1. The van der Waals surface area contributed by atoms with Crippen molar-refractivity contribution in [1.29, 1.82) is 0 Å². The van der Waals surface area contributed by atoms with Gasteiger partial charge in [0.2, 0.25) is 5.91 Å². The lowest BCUT2D eigenvalue weighted by atomic mass is 9.74. The van der Waals surface area contributed by atoms with Crippen LogP contribution in [-0.2, 0) is 10.2 Å². The van der Waals surface area contributed by atoms with Crippen LogP contribution in [0.25, 0.3) is 0 Å². The zero-order chi connectivity index (χ0) is 15.1. The highest BCUT2D eigenvalue weighted by atomic mass is 16.1. The molecule has 116 valence electrons. The van der Waals surface area contributed by atoms with Gasteiger partial charge in [0.1, 0.15) is 0 Å². The molecule has 0 aromatic heterocycles. The van der Waals surface area contributed by atoms with E-state index >= 15 is 0 Å². The molecule has 1 saturated carbocycles. The molecule has 1 unspecified atom stereocenters. The van der Waals surface area contributed by atoms with E-state index < -0.39 is 0 Å². The Hall–Kier alpha value is -1.35. The van der Waals surface area contributed by atoms with E-state index in [-0.39, 0.29) is 17.2 Å². The van der Waals surface area contributed by atoms with Crippen molar-refractivity contribution in [2.45, 2.75) is 50.9 Å². The highest BCUT2D eigenvalue weighted by Gasteiger charge is 2.33. The molecule has 21 heavy (non-hydrogen) atoms. The van der Waals surface area contributed by atoms with Gasteiger partial charge in [0.05, 0.1) is 0 Å². The molecule has 3 heteroatoms. The van der Waals surface area contributed by atoms with Crippen molar-refractivity contribution in [3.8, 4) is 0 Å². The summed E-state index contributed by atoms with van der Waals surface area (Å²) in [4.78, 5) is 12.1. The van der Waals surface area contributed by atoms with Crippen molar-refractivity contribution in [3.63, 3.8) is 0 Å². The van der Waals surface area contributed by atoms with Gasteiger partial charge in [0, 0.05) is 24.4 Å². The van der Waals surface area contributed by atoms with Crippen LogP contribution in [-0.4, -0.2) is 19.0 Å². The minimum Gasteiger partial charge on any atom is -0.355 e. The van der Waals surface area contributed by atoms with E-state index in [1.807, 2.05) is 6.92 Å². The van der Waals surface area contributed by atoms with Crippen LogP contribution >= 0.6 is 0 Å². The van der Waals surface area contributed by atoms with Crippen LogP contribution in [0, 0.1) is 5.92 Å². The molecule has 0 aliphatic heterocycles. The van der Waals surface area contributed by atoms with Crippen LogP contribution in [0.5, 0.6) is 0 Å². The van der Waals surface area contributed by atoms with E-state index in [0.717, 1.165) is 19.4 Å². The zero-order valence-corrected chi connectivity index (χ0v) is 13.1. The molecule has 2 rings (SSSR count). The highest BCUT2D eigenvalue weighted by Crippen LogP contribution is 2.37. The summed E-state index contributed by atoms with van der Waals surface area (Å²) in [6.07, 6.45) is 7.43. The Balaban J connectivity index is 2.14. The fourth-order valence-corrected chi connectivity index (χ4v) is 3.30. The Bertz CT molecular complexity index is 436. The summed E-state index contributed by atoms with van der Waals surface area (Å²) in [5.41, 5.74) is 7.06. The first-order chi connectivity index (χ1) is 10.2. The van der Waals surface area contributed by atoms with Gasteiger partial charge in [0.25, 0.3) is 0 Å². The van der Waals surface area contributed by atoms with Crippen molar-refractivity contribution in [2.24, 2.45) is 11.7 Å². The maximum absolute atomic E-state index is 12.1. The lowest BCUT2D eigenvalue weighted by molar-refractivity contribution is -0.124. The van der Waals surface area contributed by atoms with Gasteiger partial charge in [-0.15, -0.1) is 0 Å². The van der Waals surface area contributed by atoms with E-state index in [2.05, 4.69) is 35.6 Å². The van der Waals surface area contributed by atoms with Crippen LogP contribution in [0.1, 0.15) is 51.0 Å². The lowest BCUT2D eigenvalue weighted by Gasteiger charge is -2.34. The highest BCUT2D eigenvalue weighted by molar-refractivity contribution is 5.78. The van der Waals surface area contributed by atoms with Gasteiger partial charge in [-0.05, 0) is 18.4 Å². The fourth-order valence-electron chi connectivity index (χ4n) is 3.30. The summed E-state index contributed by atoms with van der Waals surface area (Å²) in [6.45, 7) is 3.03. The predicted molar refractivity (Wildman–Crippen MR) is 87.1 cm³/mol. The average molecular weight is 288 g/mol. The molecular formula is C18H28N2O. The molecule has 1 aliphatic rings. The molecular weight excluding hydrogens is 260 g/mol. The zero-order valence-electron chi connectivity index (χ0n) is 13.1. The van der Waals surface area contributed by atoms with Crippen molar-refractivity contribution in [1.82, 2.24) is 5.32 Å². The summed E-state index contributed by atoms with van der Waals surface area (Å²) in [5, 5.41) is 3.15. The summed E-state index contributed by atoms with van der Waals surface area (Å²) in [7, 11) is 0. The van der Waals surface area contributed by atoms with Crippen LogP contribution in [0.3, 0.4) is 0 Å². The third-order valence-corrected chi connectivity index (χ3v) is 4.85. The molecule has 0 saturated heterocycles. The molecule has 3 nitrogen and oxygen atoms in total. The smallest absolute Gasteiger partial charge is 0.224 e. The fraction of sp³-hybridized carbons (Fsp3) is 0.611. The van der Waals surface area contributed by atoms with E-state index in [9.17, 15) is 4.79 Å². The quantitative estimate of drug-likeness (QED) is 0.818. The number of nitrogens with two attached hydrogens (primary N) is 1. The lowest BCUT2D eigenvalue weighted by Crippen LogP contribution is -2.43. The summed E-state index contributed by atoms with van der Waals surface area (Å²) in [6, 6.07) is 10.7. The van der Waals surface area contributed by atoms with Gasteiger partial charge in [-0.2, -0.15) is 0 Å². The number of carbonyl (C=O) groups is 1. The first-order valence-corrected chi connectivity index (χ1v) is 8.21. The van der Waals surface area contributed by atoms with Gasteiger partial charge in [-0.3, -0.25) is 4.79 Å². The number of hydrogen-bond acceptors (Lipinski definition) is 2. The maximum atomic E-state index is 12.1. The van der Waals surface area contributed by atoms with Crippen LogP contribution in [0.4, 0.5) is 0 Å². The summed E-state index contributed by atoms with van der Waals surface area (Å²) >= 11 is 0. The molecule has 0 spiro atoms. The number of benzene rings is 1. The largest absolute Gasteiger partial charge is 0.355 e. The van der Waals surface area contributed by atoms with Crippen molar-refractivity contribution in [2.75, 3.05) is 13.1 Å². The molecule has 1 aliphatic carbocycles. The van der Waals surface area contributed by atoms with E-state index in [0.29, 0.717) is 6.54 Å². The number of amides is 1. The Morgan fingerprint density at radius 3 is 2.38 bits per heavy atom. The van der Waals surface area contributed by atoms with Gasteiger partial charge in [0.15, 0.2) is 0 Å². The Kier molecular flexibility index (Phi) is 5.80. The molecule has 1 aromatic carbocycles. The molecule has 0 bridgehead atoms. The maximum Gasteiger partial charge on any atom is 0.224 e. The average Bonchev–Trinajstić information content (AvgIpc) is 2.79. The molecule has 1 fully saturated rings. The first kappa shape index (κ1) is 16.0. The minimum atomic E-state index is -0.108. The topological polar surface area (TPSA) is 55.1 Å². The number of carbonyl (C=O) groups excluding carboxylic acids is 1. The second-order valence-electron chi connectivity index (χ2n) is 6.42. The van der Waals surface area contributed by atoms with E-state index in [1.165, 1.54) is 31.2 Å². The van der Waals surface area contributed by atoms with Crippen LogP contribution in [0.2, 0.25) is 0 Å². The number of rotatable bonds is 5. The van der Waals surface area contributed by atoms with Gasteiger partial charge in [-0.25, -0.2) is 0 Å². The second-order valence-corrected chi connectivity index (χ2v) is 6.42. The van der Waals surface area contributed by atoms with E-state index in [1.54, 1.807) is 0 Å². The molecule has 3 N–H and O–H groups in total. The van der Waals surface area contributed by atoms with Gasteiger partial charge < -0.3 is 11.1 Å². The Labute approximate surface area is 128 Å². The Morgan fingerprint density at radius 1 is 1.19 bits per heavy atom. The van der Waals surface area contributed by atoms with Gasteiger partial charge in [-0.1, -0.05) is 62.9 Å². The van der Waals surface area contributed by atoms with Crippen molar-refractivity contribution >= 4 is 5.91 Å². The standard InChI is InChI=1S/C18H28N2O/c1-15(13-19)17(21)20-14-18(11-7-2-3-8-12-18)16-9-5-4-6-10-16/h4-6,9-10,15H,2-3,7-8,11-14,19H2,1H3,(H,20,21). The molecule has 0 heterocycles. The summed E-state index contributed by atoms with van der Waals surface area (Å²) < 4.78 is 0. The van der Waals surface area contributed by atoms with Crippen LogP contribution in [0.15, 0.2) is 30.3 Å². The third kappa shape index (κ3) is 4.07. The monoisotopic (exact) mass is 288 g/mol. The van der Waals surface area contributed by atoms with Crippen molar-refractivity contribution < 1.29 is 4.79 Å². The molecule has 1 amide bonds. The molecule has 0 radical (unpaired) electrons. The first-order valence-electron chi connectivity index (χ1n) is 8.21. The third-order valence-electron chi connectivity index (χ3n) is 4.85. The second kappa shape index (κ2) is 7.60. The SMILES string of the molecule is CC(CN)C(=O)NCC1(c2ccccc2)CCCCCC1. The van der Waals surface area contributed by atoms with Crippen LogP contribution < -0.4 is 11.1 Å². The van der Waals surface area contributed by atoms with Crippen molar-refractivity contribution in [3.05, 3.63) is 35.9 Å². The Morgan fingerprint density at radius 2 is 1.81 bits per heavy atom. The molecule has 1 atom stereocenters. The van der Waals surface area contributed by atoms with Gasteiger partial charge >= 0.3 is 0 Å². The normalized spacial score (nSPS) is 19.5. The predicted octanol–water partition coefficient (Wildman–Crippen LogP) is 2.99. The molecule has 1 aromatic rings. The summed E-state index contributed by atoms with van der Waals surface area (Å²) in [5.74, 6) is -0.0272. The van der Waals surface area contributed by atoms with E-state index in [4.69, 9.17) is 5.73 Å². The minimum absolute atomic E-state index is 0.0806. The number of hydrogen-bond donors (Lipinski definition) is 2.